The van der Waals surface area contributed by atoms with Gasteiger partial charge in [-0.1, -0.05) is 32.6 Å². The molecule has 0 aliphatic carbocycles. The number of hydrogen-bond acceptors (Lipinski definition) is 8. The third-order valence-electron chi connectivity index (χ3n) is 4.90. The van der Waals surface area contributed by atoms with Crippen LogP contribution in [-0.4, -0.2) is 49.2 Å². The van der Waals surface area contributed by atoms with Crippen LogP contribution in [0.25, 0.3) is 0 Å². The van der Waals surface area contributed by atoms with Crippen LogP contribution in [-0.2, 0) is 30.3 Å². The van der Waals surface area contributed by atoms with Crippen molar-refractivity contribution in [2.24, 2.45) is 11.7 Å². The van der Waals surface area contributed by atoms with Crippen molar-refractivity contribution in [1.29, 1.82) is 0 Å². The largest absolute Gasteiger partial charge is 0.469 e. The molecule has 1 aromatic rings. The van der Waals surface area contributed by atoms with Gasteiger partial charge in [-0.15, -0.1) is 0 Å². The van der Waals surface area contributed by atoms with Gasteiger partial charge < -0.3 is 25.3 Å². The maximum Gasteiger partial charge on any atom is 0.339 e. The molecule has 0 radical (unpaired) electrons. The Morgan fingerprint density at radius 3 is 2.16 bits per heavy atom. The Morgan fingerprint density at radius 1 is 1.06 bits per heavy atom. The van der Waals surface area contributed by atoms with Gasteiger partial charge in [-0.2, -0.15) is 0 Å². The Balaban J connectivity index is 2.85. The Hall–Kier alpha value is -2.71. The molecule has 0 spiro atoms. The second-order valence-corrected chi connectivity index (χ2v) is 8.41. The van der Waals surface area contributed by atoms with Crippen molar-refractivity contribution in [2.45, 2.75) is 71.7 Å². The summed E-state index contributed by atoms with van der Waals surface area (Å²) in [5.74, 6) is -1.07. The molecule has 0 saturated carbocycles. The summed E-state index contributed by atoms with van der Waals surface area (Å²) in [5, 5.41) is 3.30. The van der Waals surface area contributed by atoms with Crippen LogP contribution in [0.2, 0.25) is 0 Å². The topological polar surface area (TPSA) is 117 Å². The van der Waals surface area contributed by atoms with E-state index >= 15 is 0 Å². The van der Waals surface area contributed by atoms with E-state index in [1.807, 2.05) is 20.8 Å². The van der Waals surface area contributed by atoms with E-state index in [0.29, 0.717) is 12.2 Å². The van der Waals surface area contributed by atoms with Crippen molar-refractivity contribution in [1.82, 2.24) is 5.32 Å². The summed E-state index contributed by atoms with van der Waals surface area (Å²) >= 11 is 0. The molecule has 3 N–H and O–H groups in total. The molecule has 3 unspecified atom stereocenters. The van der Waals surface area contributed by atoms with Gasteiger partial charge in [0.1, 0.15) is 11.8 Å². The lowest BCUT2D eigenvalue weighted by Gasteiger charge is -2.29. The van der Waals surface area contributed by atoms with Gasteiger partial charge in [0.2, 0.25) is 0 Å². The van der Waals surface area contributed by atoms with Gasteiger partial charge in [0, 0.05) is 17.7 Å². The van der Waals surface area contributed by atoms with Gasteiger partial charge in [0.05, 0.1) is 19.6 Å². The van der Waals surface area contributed by atoms with Gasteiger partial charge in [0.25, 0.3) is 0 Å². The smallest absolute Gasteiger partial charge is 0.339 e. The molecule has 0 aliphatic heterocycles. The molecule has 8 heteroatoms. The fourth-order valence-electron chi connectivity index (χ4n) is 2.96. The van der Waals surface area contributed by atoms with Crippen LogP contribution in [0.3, 0.4) is 0 Å². The molecule has 32 heavy (non-hydrogen) atoms. The minimum atomic E-state index is -0.709. The maximum absolute atomic E-state index is 12.6. The Labute approximate surface area is 190 Å². The maximum atomic E-state index is 12.6. The highest BCUT2D eigenvalue weighted by molar-refractivity contribution is 5.94. The summed E-state index contributed by atoms with van der Waals surface area (Å²) in [6.45, 7) is 13.2. The molecular formula is C24H36N2O6. The quantitative estimate of drug-likeness (QED) is 0.285. The van der Waals surface area contributed by atoms with Crippen LogP contribution in [0, 0.1) is 5.92 Å². The molecule has 8 nitrogen and oxygen atoms in total. The van der Waals surface area contributed by atoms with Crippen molar-refractivity contribution in [3.05, 3.63) is 42.0 Å². The molecular weight excluding hydrogens is 412 g/mol. The van der Waals surface area contributed by atoms with Crippen LogP contribution in [0.1, 0.15) is 46.6 Å². The lowest BCUT2D eigenvalue weighted by atomic mass is 9.97. The minimum absolute atomic E-state index is 0.00268. The molecule has 0 amide bonds. The summed E-state index contributed by atoms with van der Waals surface area (Å²) in [6.07, 6.45) is -0.0971. The standard InChI is InChI=1S/C24H36N2O6/c1-14(2)22(25)17(6)26-20(24(29)31-15(3)4)13-18-8-10-19(11-9-18)32-23(28)16(5)12-21(27)30-7/h8-11,14-15,17,20,22,26H,5,12-13,25H2,1-4,6-7H3. The number of hydrogen-bond donors (Lipinski definition) is 2. The first-order chi connectivity index (χ1) is 14.9. The summed E-state index contributed by atoms with van der Waals surface area (Å²) in [7, 11) is 1.23. The van der Waals surface area contributed by atoms with Crippen molar-refractivity contribution in [3.63, 3.8) is 0 Å². The molecule has 0 heterocycles. The van der Waals surface area contributed by atoms with E-state index in [1.165, 1.54) is 7.11 Å². The van der Waals surface area contributed by atoms with Crippen molar-refractivity contribution >= 4 is 17.9 Å². The van der Waals surface area contributed by atoms with Gasteiger partial charge >= 0.3 is 17.9 Å². The number of esters is 3. The molecule has 0 bridgehead atoms. The summed E-state index contributed by atoms with van der Waals surface area (Å²) in [6, 6.07) is 5.96. The lowest BCUT2D eigenvalue weighted by Crippen LogP contribution is -2.53. The first-order valence-corrected chi connectivity index (χ1v) is 10.7. The highest BCUT2D eigenvalue weighted by Gasteiger charge is 2.26. The second kappa shape index (κ2) is 13.0. The number of ether oxygens (including phenoxy) is 3. The van der Waals surface area contributed by atoms with Crippen molar-refractivity contribution in [2.75, 3.05) is 7.11 Å². The lowest BCUT2D eigenvalue weighted by molar-refractivity contribution is -0.150. The minimum Gasteiger partial charge on any atom is -0.469 e. The average Bonchev–Trinajstić information content (AvgIpc) is 2.72. The zero-order valence-corrected chi connectivity index (χ0v) is 19.8. The molecule has 0 saturated heterocycles. The van der Waals surface area contributed by atoms with Gasteiger partial charge in [-0.25, -0.2) is 4.79 Å². The van der Waals surface area contributed by atoms with Crippen molar-refractivity contribution < 1.29 is 28.6 Å². The number of methoxy groups -OCH3 is 1. The van der Waals surface area contributed by atoms with E-state index in [1.54, 1.807) is 38.1 Å². The Kier molecular flexibility index (Phi) is 11.1. The summed E-state index contributed by atoms with van der Waals surface area (Å²) < 4.78 is 15.2. The summed E-state index contributed by atoms with van der Waals surface area (Å²) in [4.78, 5) is 36.0. The number of rotatable bonds is 12. The molecule has 3 atom stereocenters. The highest BCUT2D eigenvalue weighted by Crippen LogP contribution is 2.17. The van der Waals surface area contributed by atoms with Gasteiger partial charge in [-0.05, 0) is 50.8 Å². The molecule has 178 valence electrons. The Morgan fingerprint density at radius 2 is 1.66 bits per heavy atom. The van der Waals surface area contributed by atoms with E-state index in [4.69, 9.17) is 15.2 Å². The predicted octanol–water partition coefficient (Wildman–Crippen LogP) is 2.54. The predicted molar refractivity (Wildman–Crippen MR) is 122 cm³/mol. The number of benzene rings is 1. The number of nitrogens with two attached hydrogens (primary N) is 1. The van der Waals surface area contributed by atoms with Crippen LogP contribution in [0.4, 0.5) is 0 Å². The van der Waals surface area contributed by atoms with Crippen molar-refractivity contribution in [3.8, 4) is 5.75 Å². The van der Waals surface area contributed by atoms with Crippen LogP contribution < -0.4 is 15.8 Å². The normalized spacial score (nSPS) is 13.9. The van der Waals surface area contributed by atoms with Crippen LogP contribution in [0.15, 0.2) is 36.4 Å². The van der Waals surface area contributed by atoms with E-state index in [9.17, 15) is 14.4 Å². The van der Waals surface area contributed by atoms with E-state index in [0.717, 1.165) is 5.56 Å². The summed E-state index contributed by atoms with van der Waals surface area (Å²) in [5.41, 5.74) is 7.08. The third kappa shape index (κ3) is 9.20. The van der Waals surface area contributed by atoms with E-state index in [2.05, 4.69) is 16.6 Å². The zero-order chi connectivity index (χ0) is 24.4. The fourth-order valence-corrected chi connectivity index (χ4v) is 2.96. The van der Waals surface area contributed by atoms with E-state index in [-0.39, 0.29) is 42.1 Å². The monoisotopic (exact) mass is 448 g/mol. The van der Waals surface area contributed by atoms with E-state index < -0.39 is 18.0 Å². The molecule has 0 aromatic heterocycles. The first-order valence-electron chi connectivity index (χ1n) is 10.7. The first kappa shape index (κ1) is 27.3. The second-order valence-electron chi connectivity index (χ2n) is 8.41. The molecule has 0 aliphatic rings. The number of carbonyl (C=O) groups excluding carboxylic acids is 3. The fraction of sp³-hybridized carbons (Fsp3) is 0.542. The van der Waals surface area contributed by atoms with Gasteiger partial charge in [-0.3, -0.25) is 9.59 Å². The molecule has 1 rings (SSSR count). The average molecular weight is 449 g/mol. The number of carbonyl (C=O) groups is 3. The van der Waals surface area contributed by atoms with Crippen LogP contribution >= 0.6 is 0 Å². The van der Waals surface area contributed by atoms with Gasteiger partial charge in [0.15, 0.2) is 0 Å². The highest BCUT2D eigenvalue weighted by atomic mass is 16.5. The molecule has 0 fully saturated rings. The zero-order valence-electron chi connectivity index (χ0n) is 19.8. The number of nitrogens with one attached hydrogen (secondary N) is 1. The SMILES string of the molecule is C=C(CC(=O)OC)C(=O)Oc1ccc(CC(NC(C)C(N)C(C)C)C(=O)OC(C)C)cc1. The Bertz CT molecular complexity index is 788. The van der Waals surface area contributed by atoms with Crippen LogP contribution in [0.5, 0.6) is 5.75 Å². The molecule has 1 aromatic carbocycles. The third-order valence-corrected chi connectivity index (χ3v) is 4.90.